The molecule has 2 aromatic carbocycles. The molecular weight excluding hydrogens is 526 g/mol. The Morgan fingerprint density at radius 1 is 1.18 bits per heavy atom. The van der Waals surface area contributed by atoms with Crippen LogP contribution in [0.5, 0.6) is 0 Å². The Morgan fingerprint density at radius 3 is 2.40 bits per heavy atom. The number of alkyl halides is 3. The van der Waals surface area contributed by atoms with Gasteiger partial charge in [0.2, 0.25) is 0 Å². The summed E-state index contributed by atoms with van der Waals surface area (Å²) < 4.78 is 57.1. The number of rotatable bonds is 9. The first-order valence-electron chi connectivity index (χ1n) is 12.6. The second kappa shape index (κ2) is 12.1. The summed E-state index contributed by atoms with van der Waals surface area (Å²) >= 11 is 0. The van der Waals surface area contributed by atoms with E-state index in [1.54, 1.807) is 49.1 Å². The number of benzene rings is 2. The van der Waals surface area contributed by atoms with E-state index in [2.05, 4.69) is 15.7 Å². The zero-order valence-corrected chi connectivity index (χ0v) is 23.6. The van der Waals surface area contributed by atoms with Gasteiger partial charge in [0.05, 0.1) is 23.1 Å². The number of nitrogens with zero attached hydrogens (tertiary/aromatic N) is 4. The molecule has 1 heterocycles. The molecule has 0 saturated heterocycles. The number of nitrogens with one attached hydrogen (secondary N) is 2. The standard InChI is InChI=1S/C28H35F4N7O/c1-16(2)34-13-20-10-21(12-23(26(20)29)28(30,31)32)36-27(40)19-9-8-17(3)24(11-19)39(33)15-25(37(5)6)22-14-35-38(7)18(22)4/h8-12,14-16,34H,13,33H2,1-7H3,(H,36,40)/b25-15-. The van der Waals surface area contributed by atoms with Crippen molar-refractivity contribution in [1.29, 1.82) is 0 Å². The molecule has 0 aliphatic heterocycles. The SMILES string of the molecule is Cc1ccc(C(=O)Nc2cc(CNC(C)C)c(F)c(C(F)(F)F)c2)cc1N(N)/C=C(/c1cnn(C)c1C)N(C)C. The van der Waals surface area contributed by atoms with E-state index in [0.29, 0.717) is 11.8 Å². The van der Waals surface area contributed by atoms with Crippen LogP contribution < -0.4 is 21.5 Å². The molecule has 0 unspecified atom stereocenters. The number of aryl methyl sites for hydroxylation is 2. The van der Waals surface area contributed by atoms with E-state index in [0.717, 1.165) is 22.5 Å². The first kappa shape index (κ1) is 30.6. The van der Waals surface area contributed by atoms with Crippen molar-refractivity contribution in [2.75, 3.05) is 24.4 Å². The monoisotopic (exact) mass is 561 g/mol. The summed E-state index contributed by atoms with van der Waals surface area (Å²) in [6, 6.07) is 6.48. The maximum atomic E-state index is 14.6. The first-order valence-corrected chi connectivity index (χ1v) is 12.6. The van der Waals surface area contributed by atoms with Crippen molar-refractivity contribution in [3.8, 4) is 0 Å². The third-order valence-electron chi connectivity index (χ3n) is 6.42. The highest BCUT2D eigenvalue weighted by Crippen LogP contribution is 2.35. The van der Waals surface area contributed by atoms with Crippen LogP contribution in [-0.4, -0.2) is 40.7 Å². The molecule has 0 radical (unpaired) electrons. The number of hydrogen-bond donors (Lipinski definition) is 3. The summed E-state index contributed by atoms with van der Waals surface area (Å²) in [5, 5.41) is 11.0. The average Bonchev–Trinajstić information content (AvgIpc) is 3.19. The summed E-state index contributed by atoms with van der Waals surface area (Å²) in [7, 11) is 5.57. The number of hydrazine groups is 1. The average molecular weight is 562 g/mol. The highest BCUT2D eigenvalue weighted by Gasteiger charge is 2.36. The van der Waals surface area contributed by atoms with Crippen molar-refractivity contribution in [3.63, 3.8) is 0 Å². The molecule has 0 fully saturated rings. The van der Waals surface area contributed by atoms with Gasteiger partial charge in [-0.15, -0.1) is 0 Å². The Kier molecular flexibility index (Phi) is 9.26. The van der Waals surface area contributed by atoms with E-state index in [9.17, 15) is 22.4 Å². The lowest BCUT2D eigenvalue weighted by Gasteiger charge is -2.23. The topological polar surface area (TPSA) is 91.5 Å². The molecule has 1 amide bonds. The van der Waals surface area contributed by atoms with E-state index in [4.69, 9.17) is 5.84 Å². The van der Waals surface area contributed by atoms with Gasteiger partial charge in [-0.25, -0.2) is 10.2 Å². The van der Waals surface area contributed by atoms with Crippen LogP contribution in [0.2, 0.25) is 0 Å². The minimum atomic E-state index is -4.93. The molecule has 0 aliphatic rings. The lowest BCUT2D eigenvalue weighted by atomic mass is 10.1. The summed E-state index contributed by atoms with van der Waals surface area (Å²) in [5.41, 5.74) is 2.17. The highest BCUT2D eigenvalue weighted by molar-refractivity contribution is 6.05. The van der Waals surface area contributed by atoms with Gasteiger partial charge < -0.3 is 15.5 Å². The molecule has 0 bridgehead atoms. The van der Waals surface area contributed by atoms with Gasteiger partial charge in [-0.1, -0.05) is 19.9 Å². The van der Waals surface area contributed by atoms with Crippen LogP contribution in [0.4, 0.5) is 28.9 Å². The minimum Gasteiger partial charge on any atom is -0.376 e. The zero-order chi connectivity index (χ0) is 29.9. The Labute approximate surface area is 231 Å². The summed E-state index contributed by atoms with van der Waals surface area (Å²) in [4.78, 5) is 15.0. The van der Waals surface area contributed by atoms with Gasteiger partial charge in [0.25, 0.3) is 5.91 Å². The van der Waals surface area contributed by atoms with E-state index in [-0.39, 0.29) is 29.4 Å². The third kappa shape index (κ3) is 6.99. The largest absolute Gasteiger partial charge is 0.419 e. The molecule has 0 atom stereocenters. The number of amides is 1. The van der Waals surface area contributed by atoms with Crippen molar-refractivity contribution in [2.24, 2.45) is 12.9 Å². The van der Waals surface area contributed by atoms with Crippen LogP contribution in [0.25, 0.3) is 5.70 Å². The maximum Gasteiger partial charge on any atom is 0.419 e. The number of halogens is 4. The van der Waals surface area contributed by atoms with Gasteiger partial charge >= 0.3 is 6.18 Å². The van der Waals surface area contributed by atoms with Crippen molar-refractivity contribution >= 4 is 23.0 Å². The number of aromatic nitrogens is 2. The quantitative estimate of drug-likeness (QED) is 0.189. The smallest absolute Gasteiger partial charge is 0.376 e. The third-order valence-corrected chi connectivity index (χ3v) is 6.42. The predicted molar refractivity (Wildman–Crippen MR) is 149 cm³/mol. The van der Waals surface area contributed by atoms with Crippen molar-refractivity contribution in [3.05, 3.63) is 82.1 Å². The van der Waals surface area contributed by atoms with Gasteiger partial charge in [-0.3, -0.25) is 14.5 Å². The van der Waals surface area contributed by atoms with Crippen LogP contribution >= 0.6 is 0 Å². The van der Waals surface area contributed by atoms with Gasteiger partial charge in [0, 0.05) is 68.0 Å². The Hall–Kier alpha value is -3.90. The molecule has 216 valence electrons. The molecule has 0 aliphatic carbocycles. The number of hydrogen-bond acceptors (Lipinski definition) is 6. The second-order valence-corrected chi connectivity index (χ2v) is 10.1. The molecular formula is C28H35F4N7O. The van der Waals surface area contributed by atoms with Crippen LogP contribution in [0.1, 0.15) is 52.2 Å². The van der Waals surface area contributed by atoms with Gasteiger partial charge in [-0.05, 0) is 43.7 Å². The molecule has 0 saturated carbocycles. The van der Waals surface area contributed by atoms with E-state index in [1.165, 1.54) is 11.1 Å². The number of nitrogens with two attached hydrogens (primary N) is 1. The second-order valence-electron chi connectivity index (χ2n) is 10.1. The molecule has 0 spiro atoms. The lowest BCUT2D eigenvalue weighted by molar-refractivity contribution is -0.140. The molecule has 12 heteroatoms. The maximum absolute atomic E-state index is 14.6. The molecule has 8 nitrogen and oxygen atoms in total. The number of carbonyl (C=O) groups is 1. The van der Waals surface area contributed by atoms with Crippen LogP contribution in [0.15, 0.2) is 42.7 Å². The van der Waals surface area contributed by atoms with E-state index < -0.39 is 23.5 Å². The Morgan fingerprint density at radius 2 is 1.85 bits per heavy atom. The molecule has 3 aromatic rings. The fourth-order valence-corrected chi connectivity index (χ4v) is 4.02. The van der Waals surface area contributed by atoms with Crippen molar-refractivity contribution < 1.29 is 22.4 Å². The van der Waals surface area contributed by atoms with Crippen LogP contribution in [0, 0.1) is 19.7 Å². The van der Waals surface area contributed by atoms with Crippen molar-refractivity contribution in [2.45, 2.75) is 46.5 Å². The molecule has 4 N–H and O–H groups in total. The molecule has 3 rings (SSSR count). The summed E-state index contributed by atoms with van der Waals surface area (Å²) in [6.07, 6.45) is -1.50. The van der Waals surface area contributed by atoms with Gasteiger partial charge in [0.1, 0.15) is 5.82 Å². The predicted octanol–water partition coefficient (Wildman–Crippen LogP) is 5.19. The minimum absolute atomic E-state index is 0.0821. The van der Waals surface area contributed by atoms with Gasteiger partial charge in [0.15, 0.2) is 0 Å². The van der Waals surface area contributed by atoms with Gasteiger partial charge in [-0.2, -0.15) is 18.3 Å². The summed E-state index contributed by atoms with van der Waals surface area (Å²) in [6.45, 7) is 7.20. The fourth-order valence-electron chi connectivity index (χ4n) is 4.02. The molecule has 40 heavy (non-hydrogen) atoms. The normalized spacial score (nSPS) is 12.2. The summed E-state index contributed by atoms with van der Waals surface area (Å²) in [5.74, 6) is 4.37. The lowest BCUT2D eigenvalue weighted by Crippen LogP contribution is -2.28. The zero-order valence-electron chi connectivity index (χ0n) is 23.6. The molecule has 1 aromatic heterocycles. The first-order chi connectivity index (χ1) is 18.6. The van der Waals surface area contributed by atoms with Crippen LogP contribution in [-0.2, 0) is 19.8 Å². The van der Waals surface area contributed by atoms with E-state index in [1.807, 2.05) is 39.9 Å². The number of carbonyl (C=O) groups excluding carboxylic acids is 1. The number of anilines is 2. The van der Waals surface area contributed by atoms with Crippen molar-refractivity contribution in [1.82, 2.24) is 20.0 Å². The Balaban J connectivity index is 1.95. The van der Waals surface area contributed by atoms with Crippen LogP contribution in [0.3, 0.4) is 0 Å². The van der Waals surface area contributed by atoms with E-state index >= 15 is 0 Å². The fraction of sp³-hybridized carbons (Fsp3) is 0.357. The Bertz CT molecular complexity index is 1410. The highest BCUT2D eigenvalue weighted by atomic mass is 19.4.